The van der Waals surface area contributed by atoms with E-state index in [1.165, 1.54) is 24.3 Å². The largest absolute Gasteiger partial charge is 0.480 e. The molecule has 2 aromatic heterocycles. The third-order valence-electron chi connectivity index (χ3n) is 13.7. The molecule has 4 aliphatic rings. The zero-order valence-electron chi connectivity index (χ0n) is 38.2. The van der Waals surface area contributed by atoms with Crippen molar-refractivity contribution in [1.29, 1.82) is 0 Å². The van der Waals surface area contributed by atoms with Crippen LogP contribution in [0, 0.1) is 16.0 Å². The maximum Gasteiger partial charge on any atom is 0.326 e. The van der Waals surface area contributed by atoms with Crippen molar-refractivity contribution >= 4 is 35.3 Å². The number of carbonyl (C=O) groups excluding carboxylic acids is 4. The van der Waals surface area contributed by atoms with Gasteiger partial charge in [-0.05, 0) is 137 Å². The maximum absolute atomic E-state index is 14.6. The van der Waals surface area contributed by atoms with E-state index in [1.807, 2.05) is 4.90 Å². The average Bonchev–Trinajstić information content (AvgIpc) is 4.14. The number of carboxylic acids is 1. The van der Waals surface area contributed by atoms with Crippen LogP contribution in [0.2, 0.25) is 0 Å². The zero-order valence-corrected chi connectivity index (χ0v) is 38.2. The van der Waals surface area contributed by atoms with Gasteiger partial charge in [-0.3, -0.25) is 29.3 Å². The van der Waals surface area contributed by atoms with Crippen molar-refractivity contribution in [2.75, 3.05) is 52.4 Å². The Morgan fingerprint density at radius 1 is 0.727 bits per heavy atom. The fraction of sp³-hybridized carbons (Fsp3) is 0.571. The van der Waals surface area contributed by atoms with Gasteiger partial charge in [0.2, 0.25) is 0 Å². The Bertz CT molecular complexity index is 2210. The molecule has 1 aliphatic carbocycles. The monoisotopic (exact) mass is 907 g/mol. The Morgan fingerprint density at radius 3 is 1.92 bits per heavy atom. The molecule has 3 aromatic rings. The van der Waals surface area contributed by atoms with Gasteiger partial charge in [-0.1, -0.05) is 44.7 Å². The van der Waals surface area contributed by atoms with Crippen LogP contribution >= 0.6 is 0 Å². The highest BCUT2D eigenvalue weighted by Gasteiger charge is 2.35. The van der Waals surface area contributed by atoms with Gasteiger partial charge in [0.25, 0.3) is 29.3 Å². The van der Waals surface area contributed by atoms with Gasteiger partial charge in [0.05, 0.1) is 4.92 Å². The standard InChI is InChI=1S/C49H65N9O8/c1-2-3-21-50-31-38-15-10-25-56(38)47(61)42-30-36(28-41(53-42)46(60)54-44(49(63)64)34-13-5-4-6-14-34)35-27-40(45(59)51-22-9-12-33-17-19-37(20-18-33)58(65)66)52-43(29-35)48(62)57-26-11-16-39(57)32-55-23-7-8-24-55/h17-20,27-30,34,38-39,44,50H,2-16,21-26,31-32H2,1H3,(H,51,59)(H,54,60)(H,63,64). The number of nitrogens with zero attached hydrogens (tertiary/aromatic N) is 6. The quantitative estimate of drug-likeness (QED) is 0.0594. The van der Waals surface area contributed by atoms with Crippen LogP contribution in [0.3, 0.4) is 0 Å². The summed E-state index contributed by atoms with van der Waals surface area (Å²) < 4.78 is 0. The van der Waals surface area contributed by atoms with E-state index in [4.69, 9.17) is 0 Å². The van der Waals surface area contributed by atoms with Crippen molar-refractivity contribution in [2.24, 2.45) is 5.92 Å². The lowest BCUT2D eigenvalue weighted by Crippen LogP contribution is -2.47. The van der Waals surface area contributed by atoms with E-state index in [1.54, 1.807) is 29.2 Å². The number of nitro groups is 1. The van der Waals surface area contributed by atoms with Crippen LogP contribution in [-0.2, 0) is 11.2 Å². The molecule has 3 unspecified atom stereocenters. The summed E-state index contributed by atoms with van der Waals surface area (Å²) in [6, 6.07) is 11.2. The molecule has 1 saturated carbocycles. The van der Waals surface area contributed by atoms with Crippen molar-refractivity contribution in [1.82, 2.24) is 40.6 Å². The van der Waals surface area contributed by atoms with Gasteiger partial charge in [0.15, 0.2) is 0 Å². The number of aliphatic carboxylic acids is 1. The summed E-state index contributed by atoms with van der Waals surface area (Å²) in [6.45, 7) is 7.59. The van der Waals surface area contributed by atoms with Gasteiger partial charge in [0.1, 0.15) is 28.8 Å². The molecule has 0 bridgehead atoms. The van der Waals surface area contributed by atoms with Crippen molar-refractivity contribution in [3.8, 4) is 11.1 Å². The highest BCUT2D eigenvalue weighted by Crippen LogP contribution is 2.30. The highest BCUT2D eigenvalue weighted by molar-refractivity contribution is 6.01. The van der Waals surface area contributed by atoms with Crippen molar-refractivity contribution in [2.45, 2.75) is 121 Å². The van der Waals surface area contributed by atoms with E-state index in [0.717, 1.165) is 102 Å². The predicted octanol–water partition coefficient (Wildman–Crippen LogP) is 5.87. The van der Waals surface area contributed by atoms with Crippen molar-refractivity contribution in [3.63, 3.8) is 0 Å². The molecule has 5 heterocycles. The van der Waals surface area contributed by atoms with Crippen LogP contribution in [0.5, 0.6) is 0 Å². The maximum atomic E-state index is 14.6. The van der Waals surface area contributed by atoms with E-state index in [9.17, 15) is 39.2 Å². The summed E-state index contributed by atoms with van der Waals surface area (Å²) in [6.07, 6.45) is 12.8. The van der Waals surface area contributed by atoms with Gasteiger partial charge in [-0.25, -0.2) is 14.8 Å². The molecule has 354 valence electrons. The molecule has 3 saturated heterocycles. The first-order chi connectivity index (χ1) is 32.0. The number of hydrogen-bond donors (Lipinski definition) is 4. The number of unbranched alkanes of at least 4 members (excludes halogenated alkanes) is 1. The highest BCUT2D eigenvalue weighted by atomic mass is 16.6. The SMILES string of the molecule is CCCCNCC1CCCN1C(=O)c1cc(-c2cc(C(=O)NCCCc3ccc([N+](=O)[O-])cc3)nc(C(=O)N3CCCC3CN3CCCC3)c2)cc(C(=O)NC(C(=O)O)C2CCCCC2)n1. The summed E-state index contributed by atoms with van der Waals surface area (Å²) in [4.78, 5) is 95.8. The summed E-state index contributed by atoms with van der Waals surface area (Å²) in [5.41, 5.74) is 1.45. The number of nitro benzene ring substituents is 1. The average molecular weight is 908 g/mol. The Morgan fingerprint density at radius 2 is 1.32 bits per heavy atom. The lowest BCUT2D eigenvalue weighted by Gasteiger charge is -2.28. The number of carboxylic acid groups (broad SMARTS) is 1. The van der Waals surface area contributed by atoms with Gasteiger partial charge in [-0.2, -0.15) is 0 Å². The van der Waals surface area contributed by atoms with Gasteiger partial charge >= 0.3 is 5.97 Å². The minimum Gasteiger partial charge on any atom is -0.480 e. The summed E-state index contributed by atoms with van der Waals surface area (Å²) >= 11 is 0. The summed E-state index contributed by atoms with van der Waals surface area (Å²) in [5.74, 6) is -3.34. The van der Waals surface area contributed by atoms with Crippen LogP contribution in [0.1, 0.15) is 144 Å². The minimum atomic E-state index is -1.14. The summed E-state index contributed by atoms with van der Waals surface area (Å²) in [7, 11) is 0. The number of benzene rings is 1. The fourth-order valence-corrected chi connectivity index (χ4v) is 10.0. The predicted molar refractivity (Wildman–Crippen MR) is 248 cm³/mol. The fourth-order valence-electron chi connectivity index (χ4n) is 10.0. The van der Waals surface area contributed by atoms with E-state index in [2.05, 4.69) is 37.7 Å². The van der Waals surface area contributed by atoms with Crippen molar-refractivity contribution < 1.29 is 34.0 Å². The molecular weight excluding hydrogens is 843 g/mol. The second kappa shape index (κ2) is 23.1. The van der Waals surface area contributed by atoms with Crippen LogP contribution in [-0.4, -0.2) is 135 Å². The van der Waals surface area contributed by atoms with E-state index < -0.39 is 28.7 Å². The molecule has 17 heteroatoms. The third kappa shape index (κ3) is 12.3. The van der Waals surface area contributed by atoms with Crippen LogP contribution in [0.4, 0.5) is 5.69 Å². The molecule has 0 radical (unpaired) electrons. The first kappa shape index (κ1) is 48.1. The lowest BCUT2D eigenvalue weighted by molar-refractivity contribution is -0.384. The Balaban J connectivity index is 1.22. The first-order valence-electron chi connectivity index (χ1n) is 24.1. The normalized spacial score (nSPS) is 19.5. The molecule has 4 N–H and O–H groups in total. The Hall–Kier alpha value is -5.81. The number of nitrogens with one attached hydrogen (secondary N) is 3. The molecule has 1 aromatic carbocycles. The lowest BCUT2D eigenvalue weighted by atomic mass is 9.84. The zero-order chi connectivity index (χ0) is 46.6. The van der Waals surface area contributed by atoms with Gasteiger partial charge in [-0.15, -0.1) is 0 Å². The van der Waals surface area contributed by atoms with Crippen LogP contribution in [0.25, 0.3) is 11.1 Å². The molecule has 0 spiro atoms. The number of rotatable bonds is 20. The van der Waals surface area contributed by atoms with Crippen LogP contribution < -0.4 is 16.0 Å². The number of pyridine rings is 2. The van der Waals surface area contributed by atoms with Gasteiger partial charge in [0, 0.05) is 56.9 Å². The number of aromatic nitrogens is 2. The number of carbonyl (C=O) groups is 5. The Labute approximate surface area is 386 Å². The topological polar surface area (TPSA) is 220 Å². The van der Waals surface area contributed by atoms with E-state index in [0.29, 0.717) is 56.4 Å². The molecule has 4 amide bonds. The number of non-ortho nitro benzene ring substituents is 1. The molecule has 3 atom stereocenters. The molecule has 17 nitrogen and oxygen atoms in total. The second-order valence-electron chi connectivity index (χ2n) is 18.4. The van der Waals surface area contributed by atoms with Gasteiger partial charge < -0.3 is 35.8 Å². The molecule has 66 heavy (non-hydrogen) atoms. The number of likely N-dealkylation sites (tertiary alicyclic amines) is 3. The third-order valence-corrected chi connectivity index (χ3v) is 13.7. The van der Waals surface area contributed by atoms with Crippen molar-refractivity contribution in [3.05, 3.63) is 87.0 Å². The Kier molecular flexibility index (Phi) is 16.8. The van der Waals surface area contributed by atoms with Crippen LogP contribution in [0.15, 0.2) is 48.5 Å². The number of hydrogen-bond acceptors (Lipinski definition) is 11. The minimum absolute atomic E-state index is 0.00247. The molecule has 4 fully saturated rings. The van der Waals surface area contributed by atoms with E-state index in [-0.39, 0.29) is 64.8 Å². The summed E-state index contributed by atoms with van der Waals surface area (Å²) in [5, 5.41) is 30.5. The molecule has 3 aliphatic heterocycles. The number of aryl methyl sites for hydroxylation is 1. The van der Waals surface area contributed by atoms with E-state index >= 15 is 0 Å². The second-order valence-corrected chi connectivity index (χ2v) is 18.4. The molecule has 7 rings (SSSR count). The first-order valence-corrected chi connectivity index (χ1v) is 24.1. The molecular formula is C49H65N9O8. The number of amides is 4. The smallest absolute Gasteiger partial charge is 0.326 e.